The maximum absolute atomic E-state index is 13.8. The minimum Gasteiger partial charge on any atom is -0.378 e. The SMILES string of the molecule is CNc1nc2cnc(-c3cccc(N(C)C)c3)cc2n1-c1cccc(F)c1. The largest absolute Gasteiger partial charge is 0.378 e. The maximum atomic E-state index is 13.8. The van der Waals surface area contributed by atoms with Crippen molar-refractivity contribution in [2.75, 3.05) is 31.4 Å². The predicted octanol–water partition coefficient (Wildman–Crippen LogP) is 4.33. The number of rotatable bonds is 4. The topological polar surface area (TPSA) is 46.0 Å². The fourth-order valence-electron chi connectivity index (χ4n) is 3.13. The number of nitrogens with zero attached hydrogens (tertiary/aromatic N) is 4. The van der Waals surface area contributed by atoms with Crippen LogP contribution in [0.25, 0.3) is 28.0 Å². The van der Waals surface area contributed by atoms with Crippen molar-refractivity contribution in [1.29, 1.82) is 0 Å². The molecule has 2 aromatic heterocycles. The number of pyridine rings is 1. The van der Waals surface area contributed by atoms with Crippen molar-refractivity contribution in [2.45, 2.75) is 0 Å². The van der Waals surface area contributed by atoms with Gasteiger partial charge in [0, 0.05) is 32.4 Å². The Morgan fingerprint density at radius 2 is 1.85 bits per heavy atom. The number of nitrogens with one attached hydrogen (secondary N) is 1. The predicted molar refractivity (Wildman–Crippen MR) is 108 cm³/mol. The number of anilines is 2. The van der Waals surface area contributed by atoms with Gasteiger partial charge in [-0.15, -0.1) is 0 Å². The summed E-state index contributed by atoms with van der Waals surface area (Å²) in [5, 5.41) is 3.08. The molecule has 0 atom stereocenters. The zero-order valence-corrected chi connectivity index (χ0v) is 15.4. The molecule has 0 saturated heterocycles. The third kappa shape index (κ3) is 3.10. The molecule has 136 valence electrons. The first-order chi connectivity index (χ1) is 13.1. The second-order valence-electron chi connectivity index (χ2n) is 6.50. The van der Waals surface area contributed by atoms with Crippen molar-refractivity contribution in [1.82, 2.24) is 14.5 Å². The highest BCUT2D eigenvalue weighted by molar-refractivity contribution is 5.84. The van der Waals surface area contributed by atoms with E-state index in [4.69, 9.17) is 0 Å². The van der Waals surface area contributed by atoms with Crippen LogP contribution in [0.15, 0.2) is 60.8 Å². The minimum absolute atomic E-state index is 0.288. The van der Waals surface area contributed by atoms with Crippen molar-refractivity contribution in [3.63, 3.8) is 0 Å². The number of aromatic nitrogens is 3. The van der Waals surface area contributed by atoms with E-state index in [1.807, 2.05) is 42.9 Å². The van der Waals surface area contributed by atoms with E-state index in [9.17, 15) is 4.39 Å². The summed E-state index contributed by atoms with van der Waals surface area (Å²) >= 11 is 0. The quantitative estimate of drug-likeness (QED) is 0.588. The molecule has 0 radical (unpaired) electrons. The molecule has 1 N–H and O–H groups in total. The first-order valence-corrected chi connectivity index (χ1v) is 8.67. The normalized spacial score (nSPS) is 11.0. The lowest BCUT2D eigenvalue weighted by molar-refractivity contribution is 0.627. The zero-order valence-electron chi connectivity index (χ0n) is 15.4. The first kappa shape index (κ1) is 17.0. The van der Waals surface area contributed by atoms with Crippen LogP contribution in [0.2, 0.25) is 0 Å². The van der Waals surface area contributed by atoms with E-state index in [2.05, 4.69) is 32.3 Å². The molecule has 2 aromatic carbocycles. The van der Waals surface area contributed by atoms with Crippen LogP contribution in [0.4, 0.5) is 16.0 Å². The third-order valence-electron chi connectivity index (χ3n) is 4.49. The molecule has 0 bridgehead atoms. The molecular formula is C21H20FN5. The van der Waals surface area contributed by atoms with Gasteiger partial charge in [0.25, 0.3) is 0 Å². The van der Waals surface area contributed by atoms with Crippen LogP contribution in [0.3, 0.4) is 0 Å². The summed E-state index contributed by atoms with van der Waals surface area (Å²) in [6, 6.07) is 16.7. The lowest BCUT2D eigenvalue weighted by Gasteiger charge is -2.13. The number of halogens is 1. The van der Waals surface area contributed by atoms with E-state index >= 15 is 0 Å². The summed E-state index contributed by atoms with van der Waals surface area (Å²) in [4.78, 5) is 11.2. The average Bonchev–Trinajstić information content (AvgIpc) is 3.05. The van der Waals surface area contributed by atoms with Crippen molar-refractivity contribution >= 4 is 22.7 Å². The summed E-state index contributed by atoms with van der Waals surface area (Å²) in [7, 11) is 5.81. The Labute approximate surface area is 157 Å². The van der Waals surface area contributed by atoms with Crippen LogP contribution in [-0.4, -0.2) is 35.7 Å². The Morgan fingerprint density at radius 3 is 2.59 bits per heavy atom. The van der Waals surface area contributed by atoms with Gasteiger partial charge in [-0.2, -0.15) is 0 Å². The number of imidazole rings is 1. The molecule has 5 nitrogen and oxygen atoms in total. The summed E-state index contributed by atoms with van der Waals surface area (Å²) in [5.41, 5.74) is 5.28. The Balaban J connectivity index is 1.92. The van der Waals surface area contributed by atoms with E-state index < -0.39 is 0 Å². The van der Waals surface area contributed by atoms with Gasteiger partial charge in [0.1, 0.15) is 11.3 Å². The molecule has 2 heterocycles. The molecule has 0 aliphatic carbocycles. The second-order valence-corrected chi connectivity index (χ2v) is 6.50. The Bertz CT molecular complexity index is 1120. The van der Waals surface area contributed by atoms with Crippen LogP contribution in [0.5, 0.6) is 0 Å². The van der Waals surface area contributed by atoms with Crippen LogP contribution < -0.4 is 10.2 Å². The van der Waals surface area contributed by atoms with Crippen molar-refractivity contribution in [3.8, 4) is 16.9 Å². The Kier molecular flexibility index (Phi) is 4.24. The standard InChI is InChI=1S/C21H20FN5/c1-23-21-25-19-13-24-18(14-6-4-8-16(10-14)26(2)3)12-20(19)27(21)17-9-5-7-15(22)11-17/h4-13H,1-3H3,(H,23,25). The lowest BCUT2D eigenvalue weighted by atomic mass is 10.1. The van der Waals surface area contributed by atoms with E-state index in [0.717, 1.165) is 28.0 Å². The fourth-order valence-corrected chi connectivity index (χ4v) is 3.13. The van der Waals surface area contributed by atoms with Gasteiger partial charge >= 0.3 is 0 Å². The zero-order chi connectivity index (χ0) is 19.0. The van der Waals surface area contributed by atoms with Gasteiger partial charge in [-0.05, 0) is 36.4 Å². The first-order valence-electron chi connectivity index (χ1n) is 8.67. The summed E-state index contributed by atoms with van der Waals surface area (Å²) in [6.45, 7) is 0. The molecule has 0 fully saturated rings. The van der Waals surface area contributed by atoms with Gasteiger partial charge in [-0.1, -0.05) is 18.2 Å². The van der Waals surface area contributed by atoms with Gasteiger partial charge in [-0.3, -0.25) is 9.55 Å². The summed E-state index contributed by atoms with van der Waals surface area (Å²) in [5.74, 6) is 0.348. The smallest absolute Gasteiger partial charge is 0.208 e. The van der Waals surface area contributed by atoms with Crippen molar-refractivity contribution in [3.05, 3.63) is 66.6 Å². The highest BCUT2D eigenvalue weighted by Crippen LogP contribution is 2.29. The number of hydrogen-bond donors (Lipinski definition) is 1. The van der Waals surface area contributed by atoms with Crippen molar-refractivity contribution < 1.29 is 4.39 Å². The molecular weight excluding hydrogens is 341 g/mol. The average molecular weight is 361 g/mol. The fraction of sp³-hybridized carbons (Fsp3) is 0.143. The molecule has 6 heteroatoms. The molecule has 27 heavy (non-hydrogen) atoms. The molecule has 4 rings (SSSR count). The number of fused-ring (bicyclic) bond motifs is 1. The Hall–Kier alpha value is -3.41. The van der Waals surface area contributed by atoms with Gasteiger partial charge < -0.3 is 10.2 Å². The van der Waals surface area contributed by atoms with E-state index in [-0.39, 0.29) is 5.82 Å². The van der Waals surface area contributed by atoms with Crippen LogP contribution in [0.1, 0.15) is 0 Å². The van der Waals surface area contributed by atoms with Gasteiger partial charge in [0.05, 0.1) is 23.1 Å². The number of hydrogen-bond acceptors (Lipinski definition) is 4. The molecule has 0 aliphatic heterocycles. The molecule has 0 spiro atoms. The monoisotopic (exact) mass is 361 g/mol. The lowest BCUT2D eigenvalue weighted by Crippen LogP contribution is -2.08. The molecule has 0 aliphatic rings. The highest BCUT2D eigenvalue weighted by atomic mass is 19.1. The van der Waals surface area contributed by atoms with E-state index in [1.165, 1.54) is 12.1 Å². The van der Waals surface area contributed by atoms with E-state index in [1.54, 1.807) is 19.3 Å². The van der Waals surface area contributed by atoms with Gasteiger partial charge in [0.2, 0.25) is 5.95 Å². The van der Waals surface area contributed by atoms with Crippen molar-refractivity contribution in [2.24, 2.45) is 0 Å². The van der Waals surface area contributed by atoms with Crippen LogP contribution in [-0.2, 0) is 0 Å². The molecule has 0 amide bonds. The summed E-state index contributed by atoms with van der Waals surface area (Å²) < 4.78 is 15.7. The second kappa shape index (κ2) is 6.72. The van der Waals surface area contributed by atoms with Crippen LogP contribution in [0, 0.1) is 5.82 Å². The van der Waals surface area contributed by atoms with E-state index in [0.29, 0.717) is 11.6 Å². The number of benzene rings is 2. The van der Waals surface area contributed by atoms with Gasteiger partial charge in [0.15, 0.2) is 0 Å². The molecule has 0 saturated carbocycles. The molecule has 4 aromatic rings. The summed E-state index contributed by atoms with van der Waals surface area (Å²) in [6.07, 6.45) is 1.75. The highest BCUT2D eigenvalue weighted by Gasteiger charge is 2.14. The minimum atomic E-state index is -0.288. The Morgan fingerprint density at radius 1 is 1.04 bits per heavy atom. The van der Waals surface area contributed by atoms with Crippen LogP contribution >= 0.6 is 0 Å². The third-order valence-corrected chi connectivity index (χ3v) is 4.49. The maximum Gasteiger partial charge on any atom is 0.208 e. The van der Waals surface area contributed by atoms with Gasteiger partial charge in [-0.25, -0.2) is 9.37 Å². The molecule has 0 unspecified atom stereocenters.